The maximum absolute atomic E-state index is 12.1. The second kappa shape index (κ2) is 5.54. The fourth-order valence-electron chi connectivity index (χ4n) is 1.63. The van der Waals surface area contributed by atoms with Crippen LogP contribution in [-0.4, -0.2) is 23.1 Å². The molecule has 0 amide bonds. The molecule has 21 heavy (non-hydrogen) atoms. The topological polar surface area (TPSA) is 65.7 Å². The highest BCUT2D eigenvalue weighted by Gasteiger charge is 2.29. The van der Waals surface area contributed by atoms with Crippen molar-refractivity contribution in [1.82, 2.24) is 0 Å². The van der Waals surface area contributed by atoms with Gasteiger partial charge >= 0.3 is 11.9 Å². The Morgan fingerprint density at radius 2 is 1.05 bits per heavy atom. The van der Waals surface area contributed by atoms with E-state index in [2.05, 4.69) is 0 Å². The SMILES string of the molecule is Cc1c(C(=O)OC(C)(C)C)oc(C(=O)OC(C)(C)C)c1C. The summed E-state index contributed by atoms with van der Waals surface area (Å²) in [6.45, 7) is 14.0. The zero-order chi connectivity index (χ0) is 16.6. The minimum absolute atomic E-state index is 0.0447. The maximum Gasteiger partial charge on any atom is 0.375 e. The van der Waals surface area contributed by atoms with Crippen LogP contribution in [0.4, 0.5) is 0 Å². The van der Waals surface area contributed by atoms with E-state index in [1.807, 2.05) is 0 Å². The van der Waals surface area contributed by atoms with Crippen LogP contribution < -0.4 is 0 Å². The Bertz CT molecular complexity index is 504. The van der Waals surface area contributed by atoms with Crippen molar-refractivity contribution < 1.29 is 23.5 Å². The monoisotopic (exact) mass is 296 g/mol. The summed E-state index contributed by atoms with van der Waals surface area (Å²) in [6.07, 6.45) is 0. The fourth-order valence-corrected chi connectivity index (χ4v) is 1.63. The number of furan rings is 1. The summed E-state index contributed by atoms with van der Waals surface area (Å²) in [5.74, 6) is -1.08. The highest BCUT2D eigenvalue weighted by Crippen LogP contribution is 2.25. The van der Waals surface area contributed by atoms with Crippen molar-refractivity contribution in [3.63, 3.8) is 0 Å². The fraction of sp³-hybridized carbons (Fsp3) is 0.625. The van der Waals surface area contributed by atoms with Crippen molar-refractivity contribution in [2.24, 2.45) is 0 Å². The highest BCUT2D eigenvalue weighted by molar-refractivity contribution is 5.94. The number of ether oxygens (including phenoxy) is 2. The normalized spacial score (nSPS) is 12.2. The Morgan fingerprint density at radius 3 is 1.29 bits per heavy atom. The zero-order valence-electron chi connectivity index (χ0n) is 14.0. The van der Waals surface area contributed by atoms with Gasteiger partial charge in [-0.2, -0.15) is 0 Å². The van der Waals surface area contributed by atoms with Gasteiger partial charge < -0.3 is 13.9 Å². The molecule has 1 aromatic rings. The van der Waals surface area contributed by atoms with E-state index in [4.69, 9.17) is 13.9 Å². The third-order valence-electron chi connectivity index (χ3n) is 2.62. The molecule has 0 N–H and O–H groups in total. The van der Waals surface area contributed by atoms with E-state index < -0.39 is 23.1 Å². The molecular weight excluding hydrogens is 272 g/mol. The second-order valence-corrected chi connectivity index (χ2v) is 7.01. The van der Waals surface area contributed by atoms with Crippen LogP contribution >= 0.6 is 0 Å². The van der Waals surface area contributed by atoms with Crippen LogP contribution in [0.15, 0.2) is 4.42 Å². The molecule has 0 atom stereocenters. The van der Waals surface area contributed by atoms with Gasteiger partial charge in [-0.15, -0.1) is 0 Å². The van der Waals surface area contributed by atoms with E-state index in [9.17, 15) is 9.59 Å². The third kappa shape index (κ3) is 4.62. The molecule has 1 rings (SSSR count). The minimum Gasteiger partial charge on any atom is -0.454 e. The molecule has 0 aromatic carbocycles. The van der Waals surface area contributed by atoms with Crippen molar-refractivity contribution in [2.75, 3.05) is 0 Å². The van der Waals surface area contributed by atoms with Crippen LogP contribution in [0.1, 0.15) is 73.8 Å². The standard InChI is InChI=1S/C16H24O5/c1-9-10(2)12(14(18)21-16(6,7)8)19-11(9)13(17)20-15(3,4)5/h1-8H3. The number of hydrogen-bond acceptors (Lipinski definition) is 5. The molecule has 5 heteroatoms. The van der Waals surface area contributed by atoms with Crippen LogP contribution in [0.2, 0.25) is 0 Å². The molecule has 0 unspecified atom stereocenters. The predicted octanol–water partition coefficient (Wildman–Crippen LogP) is 3.81. The van der Waals surface area contributed by atoms with E-state index in [0.29, 0.717) is 11.1 Å². The summed E-state index contributed by atoms with van der Waals surface area (Å²) >= 11 is 0. The molecule has 0 radical (unpaired) electrons. The van der Waals surface area contributed by atoms with Crippen LogP contribution in [0.25, 0.3) is 0 Å². The minimum atomic E-state index is -0.629. The molecule has 0 spiro atoms. The van der Waals surface area contributed by atoms with Crippen molar-refractivity contribution in [1.29, 1.82) is 0 Å². The second-order valence-electron chi connectivity index (χ2n) is 7.01. The third-order valence-corrected chi connectivity index (χ3v) is 2.62. The summed E-state index contributed by atoms with van der Waals surface area (Å²) < 4.78 is 15.9. The maximum atomic E-state index is 12.1. The van der Waals surface area contributed by atoms with Gasteiger partial charge in [0.1, 0.15) is 11.2 Å². The molecule has 0 aliphatic heterocycles. The lowest BCUT2D eigenvalue weighted by molar-refractivity contribution is 0.000658. The van der Waals surface area contributed by atoms with Gasteiger partial charge in [0.25, 0.3) is 0 Å². The predicted molar refractivity (Wildman–Crippen MR) is 78.5 cm³/mol. The van der Waals surface area contributed by atoms with Crippen molar-refractivity contribution in [3.05, 3.63) is 22.6 Å². The van der Waals surface area contributed by atoms with Crippen molar-refractivity contribution in [2.45, 2.75) is 66.6 Å². The van der Waals surface area contributed by atoms with E-state index in [1.54, 1.807) is 55.4 Å². The highest BCUT2D eigenvalue weighted by atomic mass is 16.6. The summed E-state index contributed by atoms with van der Waals surface area (Å²) in [6, 6.07) is 0. The molecule has 118 valence electrons. The number of hydrogen-bond donors (Lipinski definition) is 0. The Labute approximate surface area is 125 Å². The quantitative estimate of drug-likeness (QED) is 0.776. The molecule has 0 aliphatic carbocycles. The van der Waals surface area contributed by atoms with Gasteiger partial charge in [0.15, 0.2) is 0 Å². The molecule has 0 bridgehead atoms. The van der Waals surface area contributed by atoms with Crippen molar-refractivity contribution >= 4 is 11.9 Å². The van der Waals surface area contributed by atoms with Crippen LogP contribution in [0.3, 0.4) is 0 Å². The largest absolute Gasteiger partial charge is 0.454 e. The van der Waals surface area contributed by atoms with Crippen LogP contribution in [0.5, 0.6) is 0 Å². The Hall–Kier alpha value is -1.78. The lowest BCUT2D eigenvalue weighted by Crippen LogP contribution is -2.24. The van der Waals surface area contributed by atoms with E-state index >= 15 is 0 Å². The lowest BCUT2D eigenvalue weighted by atomic mass is 10.1. The lowest BCUT2D eigenvalue weighted by Gasteiger charge is -2.19. The van der Waals surface area contributed by atoms with Gasteiger partial charge in [0.05, 0.1) is 0 Å². The van der Waals surface area contributed by atoms with E-state index in [1.165, 1.54) is 0 Å². The summed E-state index contributed by atoms with van der Waals surface area (Å²) in [5.41, 5.74) is -0.0812. The number of rotatable bonds is 2. The van der Waals surface area contributed by atoms with Gasteiger partial charge in [-0.25, -0.2) is 9.59 Å². The Balaban J connectivity index is 3.10. The average molecular weight is 296 g/mol. The zero-order valence-corrected chi connectivity index (χ0v) is 14.0. The van der Waals surface area contributed by atoms with E-state index in [0.717, 1.165) is 0 Å². The van der Waals surface area contributed by atoms with Gasteiger partial charge in [-0.05, 0) is 55.4 Å². The van der Waals surface area contributed by atoms with Gasteiger partial charge in [0, 0.05) is 11.1 Å². The van der Waals surface area contributed by atoms with Gasteiger partial charge in [-0.1, -0.05) is 0 Å². The summed E-state index contributed by atoms with van der Waals surface area (Å²) in [5, 5.41) is 0. The molecule has 1 heterocycles. The Morgan fingerprint density at radius 1 is 0.762 bits per heavy atom. The van der Waals surface area contributed by atoms with Gasteiger partial charge in [0.2, 0.25) is 11.5 Å². The molecule has 0 aliphatic rings. The summed E-state index contributed by atoms with van der Waals surface area (Å²) in [4.78, 5) is 24.2. The Kier molecular flexibility index (Phi) is 4.56. The first-order chi connectivity index (χ1) is 9.32. The van der Waals surface area contributed by atoms with Crippen LogP contribution in [0, 0.1) is 13.8 Å². The molecule has 5 nitrogen and oxygen atoms in total. The first kappa shape index (κ1) is 17.3. The number of carbonyl (C=O) groups is 2. The van der Waals surface area contributed by atoms with Gasteiger partial charge in [-0.3, -0.25) is 0 Å². The number of carbonyl (C=O) groups excluding carboxylic acids is 2. The molecule has 0 saturated carbocycles. The molecular formula is C16H24O5. The van der Waals surface area contributed by atoms with E-state index in [-0.39, 0.29) is 11.5 Å². The number of esters is 2. The first-order valence-electron chi connectivity index (χ1n) is 6.88. The smallest absolute Gasteiger partial charge is 0.375 e. The van der Waals surface area contributed by atoms with Crippen LogP contribution in [-0.2, 0) is 9.47 Å². The van der Waals surface area contributed by atoms with Crippen molar-refractivity contribution in [3.8, 4) is 0 Å². The average Bonchev–Trinajstić information content (AvgIpc) is 2.51. The molecule has 1 aromatic heterocycles. The summed E-state index contributed by atoms with van der Waals surface area (Å²) in [7, 11) is 0. The first-order valence-corrected chi connectivity index (χ1v) is 6.88. The molecule has 0 saturated heterocycles. The molecule has 0 fully saturated rings.